The smallest absolute Gasteiger partial charge is 0.339 e. The van der Waals surface area contributed by atoms with Crippen LogP contribution >= 0.6 is 0 Å². The summed E-state index contributed by atoms with van der Waals surface area (Å²) in [5, 5.41) is 19.2. The van der Waals surface area contributed by atoms with Crippen molar-refractivity contribution in [1.82, 2.24) is 0 Å². The van der Waals surface area contributed by atoms with Gasteiger partial charge in [0.2, 0.25) is 0 Å². The van der Waals surface area contributed by atoms with Gasteiger partial charge in [0.25, 0.3) is 0 Å². The monoisotopic (exact) mass is 270 g/mol. The van der Waals surface area contributed by atoms with Crippen LogP contribution in [0, 0.1) is 6.92 Å². The summed E-state index contributed by atoms with van der Waals surface area (Å²) in [5.41, 5.74) is 3.58. The third-order valence-electron chi connectivity index (χ3n) is 3.32. The molecular formula is C17H18O3. The molecule has 0 aliphatic rings. The van der Waals surface area contributed by atoms with E-state index in [1.54, 1.807) is 0 Å². The second-order valence-electron chi connectivity index (χ2n) is 4.95. The zero-order chi connectivity index (χ0) is 14.7. The maximum atomic E-state index is 11.3. The molecular weight excluding hydrogens is 252 g/mol. The van der Waals surface area contributed by atoms with Crippen molar-refractivity contribution in [1.29, 1.82) is 0 Å². The molecule has 0 aliphatic carbocycles. The molecule has 0 atom stereocenters. The van der Waals surface area contributed by atoms with Crippen molar-refractivity contribution in [2.75, 3.05) is 0 Å². The van der Waals surface area contributed by atoms with Crippen LogP contribution in [0.2, 0.25) is 0 Å². The van der Waals surface area contributed by atoms with Gasteiger partial charge >= 0.3 is 5.97 Å². The lowest BCUT2D eigenvalue weighted by Crippen LogP contribution is -2.00. The minimum atomic E-state index is -1.10. The second kappa shape index (κ2) is 5.78. The molecule has 2 rings (SSSR count). The van der Waals surface area contributed by atoms with Gasteiger partial charge in [-0.25, -0.2) is 4.79 Å². The van der Waals surface area contributed by atoms with Gasteiger partial charge in [-0.05, 0) is 42.2 Å². The van der Waals surface area contributed by atoms with Crippen molar-refractivity contribution in [3.8, 4) is 16.9 Å². The number of phenols is 1. The van der Waals surface area contributed by atoms with E-state index in [0.29, 0.717) is 12.0 Å². The molecule has 2 aromatic carbocycles. The van der Waals surface area contributed by atoms with Crippen LogP contribution in [0.5, 0.6) is 5.75 Å². The number of benzene rings is 2. The van der Waals surface area contributed by atoms with Gasteiger partial charge in [-0.1, -0.05) is 43.2 Å². The largest absolute Gasteiger partial charge is 0.507 e. The summed E-state index contributed by atoms with van der Waals surface area (Å²) in [4.78, 5) is 11.3. The Morgan fingerprint density at radius 3 is 2.30 bits per heavy atom. The Hall–Kier alpha value is -2.29. The highest BCUT2D eigenvalue weighted by molar-refractivity contribution is 5.93. The summed E-state index contributed by atoms with van der Waals surface area (Å²) in [6.45, 7) is 4.00. The van der Waals surface area contributed by atoms with Gasteiger partial charge in [0.1, 0.15) is 11.3 Å². The molecule has 20 heavy (non-hydrogen) atoms. The molecule has 3 heteroatoms. The highest BCUT2D eigenvalue weighted by atomic mass is 16.4. The number of hydrogen-bond acceptors (Lipinski definition) is 2. The Morgan fingerprint density at radius 1 is 1.10 bits per heavy atom. The first kappa shape index (κ1) is 14.1. The molecule has 0 saturated heterocycles. The number of carboxylic acid groups (broad SMARTS) is 1. The van der Waals surface area contributed by atoms with E-state index in [1.807, 2.05) is 44.2 Å². The third-order valence-corrected chi connectivity index (χ3v) is 3.32. The van der Waals surface area contributed by atoms with Crippen molar-refractivity contribution in [2.24, 2.45) is 0 Å². The van der Waals surface area contributed by atoms with Crippen LogP contribution < -0.4 is 0 Å². The van der Waals surface area contributed by atoms with Gasteiger partial charge in [-0.2, -0.15) is 0 Å². The van der Waals surface area contributed by atoms with Crippen molar-refractivity contribution >= 4 is 5.97 Å². The van der Waals surface area contributed by atoms with Gasteiger partial charge in [0, 0.05) is 0 Å². The minimum absolute atomic E-state index is 0.0356. The molecule has 0 radical (unpaired) electrons. The summed E-state index contributed by atoms with van der Waals surface area (Å²) in [6.07, 6.45) is 1.51. The molecule has 0 unspecified atom stereocenters. The topological polar surface area (TPSA) is 57.5 Å². The molecule has 0 aromatic heterocycles. The Morgan fingerprint density at radius 2 is 1.75 bits per heavy atom. The summed E-state index contributed by atoms with van der Waals surface area (Å²) >= 11 is 0. The quantitative estimate of drug-likeness (QED) is 0.882. The Kier molecular flexibility index (Phi) is 4.08. The van der Waals surface area contributed by atoms with Crippen molar-refractivity contribution < 1.29 is 15.0 Å². The number of hydrogen-bond donors (Lipinski definition) is 2. The lowest BCUT2D eigenvalue weighted by Gasteiger charge is -2.11. The zero-order valence-electron chi connectivity index (χ0n) is 11.7. The summed E-state index contributed by atoms with van der Waals surface area (Å²) in [5.74, 6) is -1.22. The van der Waals surface area contributed by atoms with Gasteiger partial charge in [-0.3, -0.25) is 0 Å². The van der Waals surface area contributed by atoms with Gasteiger partial charge in [-0.15, -0.1) is 0 Å². The number of carboxylic acids is 1. The van der Waals surface area contributed by atoms with Gasteiger partial charge in [0.05, 0.1) is 0 Å². The van der Waals surface area contributed by atoms with Crippen molar-refractivity contribution in [3.63, 3.8) is 0 Å². The first-order chi connectivity index (χ1) is 9.52. The van der Waals surface area contributed by atoms with Crippen LogP contribution in [0.25, 0.3) is 11.1 Å². The van der Waals surface area contributed by atoms with Crippen LogP contribution in [-0.2, 0) is 6.42 Å². The summed E-state index contributed by atoms with van der Waals surface area (Å²) < 4.78 is 0. The first-order valence-corrected chi connectivity index (χ1v) is 6.69. The molecule has 0 amide bonds. The predicted octanol–water partition coefficient (Wildman–Crippen LogP) is 4.02. The Bertz CT molecular complexity index is 627. The van der Waals surface area contributed by atoms with Crippen LogP contribution in [0.4, 0.5) is 0 Å². The fraction of sp³-hybridized carbons (Fsp3) is 0.235. The van der Waals surface area contributed by atoms with Crippen LogP contribution in [0.1, 0.15) is 34.8 Å². The Labute approximate surface area is 118 Å². The van der Waals surface area contributed by atoms with E-state index in [0.717, 1.165) is 23.1 Å². The molecule has 104 valence electrons. The van der Waals surface area contributed by atoms with Crippen molar-refractivity contribution in [3.05, 3.63) is 53.1 Å². The standard InChI is InChI=1S/C17H18O3/c1-3-4-13-9-14(10-15(16(13)18)17(19)20)12-7-5-11(2)6-8-12/h5-10,18H,3-4H2,1-2H3,(H,19,20). The molecule has 2 N–H and O–H groups in total. The average molecular weight is 270 g/mol. The van der Waals surface area contributed by atoms with Crippen LogP contribution in [0.3, 0.4) is 0 Å². The molecule has 0 bridgehead atoms. The van der Waals surface area contributed by atoms with Gasteiger partial charge < -0.3 is 10.2 Å². The summed E-state index contributed by atoms with van der Waals surface area (Å²) in [6, 6.07) is 11.3. The third kappa shape index (κ3) is 2.82. The maximum Gasteiger partial charge on any atom is 0.339 e. The molecule has 2 aromatic rings. The van der Waals surface area contributed by atoms with E-state index in [2.05, 4.69) is 0 Å². The predicted molar refractivity (Wildman–Crippen MR) is 79.2 cm³/mol. The van der Waals surface area contributed by atoms with Crippen LogP contribution in [0.15, 0.2) is 36.4 Å². The SMILES string of the molecule is CCCc1cc(-c2ccc(C)cc2)cc(C(=O)O)c1O. The van der Waals surface area contributed by atoms with E-state index in [4.69, 9.17) is 0 Å². The molecule has 0 saturated carbocycles. The number of aromatic hydroxyl groups is 1. The number of carbonyl (C=O) groups is 1. The average Bonchev–Trinajstić information content (AvgIpc) is 2.42. The molecule has 0 fully saturated rings. The minimum Gasteiger partial charge on any atom is -0.507 e. The number of rotatable bonds is 4. The fourth-order valence-corrected chi connectivity index (χ4v) is 2.23. The lowest BCUT2D eigenvalue weighted by molar-refractivity contribution is 0.0693. The highest BCUT2D eigenvalue weighted by Crippen LogP contribution is 2.31. The van der Waals surface area contributed by atoms with E-state index < -0.39 is 5.97 Å². The maximum absolute atomic E-state index is 11.3. The van der Waals surface area contributed by atoms with Gasteiger partial charge in [0.15, 0.2) is 0 Å². The fourth-order valence-electron chi connectivity index (χ4n) is 2.23. The van der Waals surface area contributed by atoms with E-state index in [9.17, 15) is 15.0 Å². The second-order valence-corrected chi connectivity index (χ2v) is 4.95. The van der Waals surface area contributed by atoms with Crippen molar-refractivity contribution in [2.45, 2.75) is 26.7 Å². The van der Waals surface area contributed by atoms with E-state index in [1.165, 1.54) is 6.07 Å². The van der Waals surface area contributed by atoms with E-state index in [-0.39, 0.29) is 11.3 Å². The summed E-state index contributed by atoms with van der Waals surface area (Å²) in [7, 11) is 0. The normalized spacial score (nSPS) is 10.5. The number of aryl methyl sites for hydroxylation is 2. The van der Waals surface area contributed by atoms with E-state index >= 15 is 0 Å². The molecule has 0 aliphatic heterocycles. The first-order valence-electron chi connectivity index (χ1n) is 6.69. The lowest BCUT2D eigenvalue weighted by atomic mass is 9.96. The zero-order valence-corrected chi connectivity index (χ0v) is 11.7. The van der Waals surface area contributed by atoms with Crippen LogP contribution in [-0.4, -0.2) is 16.2 Å². The Balaban J connectivity index is 2.58. The molecule has 3 nitrogen and oxygen atoms in total. The highest BCUT2D eigenvalue weighted by Gasteiger charge is 2.15. The molecule has 0 spiro atoms. The molecule has 0 heterocycles. The number of aromatic carboxylic acids is 1.